The number of hydrogen-bond acceptors (Lipinski definition) is 2. The molecule has 0 heterocycles. The molecule has 0 saturated heterocycles. The van der Waals surface area contributed by atoms with Crippen molar-refractivity contribution in [1.82, 2.24) is 10.1 Å². The Kier molecular flexibility index (Phi) is 4.11. The van der Waals surface area contributed by atoms with E-state index in [-0.39, 0.29) is 9.68 Å². The van der Waals surface area contributed by atoms with Gasteiger partial charge < -0.3 is 0 Å². The van der Waals surface area contributed by atoms with Gasteiger partial charge in [0.05, 0.1) is 0 Å². The van der Waals surface area contributed by atoms with E-state index in [9.17, 15) is 0 Å². The van der Waals surface area contributed by atoms with E-state index >= 15 is 0 Å². The molecule has 0 aromatic heterocycles. The monoisotopic (exact) mass is 172 g/mol. The first-order valence-corrected chi connectivity index (χ1v) is 6.22. The van der Waals surface area contributed by atoms with E-state index in [1.807, 2.05) is 0 Å². The molecule has 1 fully saturated rings. The van der Waals surface area contributed by atoms with E-state index in [1.165, 1.54) is 32.1 Å². The summed E-state index contributed by atoms with van der Waals surface area (Å²) in [4.78, 5) is 0. The lowest BCUT2D eigenvalue weighted by atomic mass is 10.0. The summed E-state index contributed by atoms with van der Waals surface area (Å²) in [7, 11) is 4.18. The van der Waals surface area contributed by atoms with Crippen molar-refractivity contribution in [2.45, 2.75) is 37.6 Å². The summed E-state index contributed by atoms with van der Waals surface area (Å²) >= 11 is 0. The van der Waals surface area contributed by atoms with E-state index in [4.69, 9.17) is 0 Å². The van der Waals surface area contributed by atoms with Crippen molar-refractivity contribution in [3.63, 3.8) is 0 Å². The van der Waals surface area contributed by atoms with Gasteiger partial charge in [-0.2, -0.15) is 0 Å². The Labute approximate surface area is 72.2 Å². The van der Waals surface area contributed by atoms with Crippen LogP contribution in [-0.4, -0.2) is 28.8 Å². The van der Waals surface area contributed by atoms with Gasteiger partial charge in [-0.25, -0.2) is 0 Å². The maximum Gasteiger partial charge on any atom is 0.113 e. The zero-order valence-electron chi connectivity index (χ0n) is 7.77. The van der Waals surface area contributed by atoms with Gasteiger partial charge >= 0.3 is 0 Å². The average Bonchev–Trinajstić information content (AvgIpc) is 2.03. The van der Waals surface area contributed by atoms with E-state index < -0.39 is 0 Å². The molecular formula is C8H20N2Si. The molecule has 0 aromatic rings. The van der Waals surface area contributed by atoms with Gasteiger partial charge in [0.1, 0.15) is 9.68 Å². The smallest absolute Gasteiger partial charge is 0.113 e. The highest BCUT2D eigenvalue weighted by Crippen LogP contribution is 2.26. The Balaban J connectivity index is 2.05. The van der Waals surface area contributed by atoms with Gasteiger partial charge in [0, 0.05) is 14.1 Å². The van der Waals surface area contributed by atoms with Crippen molar-refractivity contribution >= 4 is 9.68 Å². The van der Waals surface area contributed by atoms with Gasteiger partial charge in [-0.1, -0.05) is 32.1 Å². The molecule has 0 bridgehead atoms. The maximum absolute atomic E-state index is 3.49. The SMILES string of the molecule is CN(C)N[SiH2]C1CCCCC1. The molecule has 0 atom stereocenters. The Morgan fingerprint density at radius 1 is 1.18 bits per heavy atom. The molecule has 0 radical (unpaired) electrons. The van der Waals surface area contributed by atoms with Crippen LogP contribution in [0.5, 0.6) is 0 Å². The van der Waals surface area contributed by atoms with Crippen molar-refractivity contribution < 1.29 is 0 Å². The largest absolute Gasteiger partial charge is 0.284 e. The third kappa shape index (κ3) is 3.89. The summed E-state index contributed by atoms with van der Waals surface area (Å²) in [5.74, 6) is 0. The molecule has 1 N–H and O–H groups in total. The summed E-state index contributed by atoms with van der Waals surface area (Å²) in [6.45, 7) is 0. The van der Waals surface area contributed by atoms with Crippen LogP contribution in [0.3, 0.4) is 0 Å². The average molecular weight is 172 g/mol. The Morgan fingerprint density at radius 2 is 1.82 bits per heavy atom. The molecule has 0 aliphatic heterocycles. The number of nitrogens with zero attached hydrogens (tertiary/aromatic N) is 1. The van der Waals surface area contributed by atoms with Gasteiger partial charge in [-0.05, 0) is 5.54 Å². The van der Waals surface area contributed by atoms with Crippen LogP contribution in [0.25, 0.3) is 0 Å². The van der Waals surface area contributed by atoms with Crippen molar-refractivity contribution in [3.8, 4) is 0 Å². The molecule has 2 nitrogen and oxygen atoms in total. The zero-order valence-corrected chi connectivity index (χ0v) is 9.18. The molecule has 0 amide bonds. The molecular weight excluding hydrogens is 152 g/mol. The third-order valence-corrected chi connectivity index (χ3v) is 4.63. The topological polar surface area (TPSA) is 15.3 Å². The highest BCUT2D eigenvalue weighted by atomic mass is 28.2. The molecule has 3 heteroatoms. The zero-order chi connectivity index (χ0) is 8.10. The van der Waals surface area contributed by atoms with Crippen LogP contribution in [0.15, 0.2) is 0 Å². The normalized spacial score (nSPS) is 22.1. The number of hydrogen-bond donors (Lipinski definition) is 1. The summed E-state index contributed by atoms with van der Waals surface area (Å²) in [5.41, 5.74) is 1.08. The molecule has 0 aromatic carbocycles. The second kappa shape index (κ2) is 4.90. The van der Waals surface area contributed by atoms with Gasteiger partial charge in [0.15, 0.2) is 0 Å². The van der Waals surface area contributed by atoms with Crippen molar-refractivity contribution in [2.24, 2.45) is 0 Å². The number of rotatable bonds is 3. The maximum atomic E-state index is 3.49. The van der Waals surface area contributed by atoms with Gasteiger partial charge in [0.25, 0.3) is 0 Å². The minimum atomic E-state index is -0.00602. The van der Waals surface area contributed by atoms with Crippen LogP contribution in [0.4, 0.5) is 0 Å². The van der Waals surface area contributed by atoms with Crippen molar-refractivity contribution in [1.29, 1.82) is 0 Å². The van der Waals surface area contributed by atoms with E-state index in [0.29, 0.717) is 0 Å². The lowest BCUT2D eigenvalue weighted by molar-refractivity contribution is 0.365. The van der Waals surface area contributed by atoms with Crippen LogP contribution in [0.1, 0.15) is 32.1 Å². The molecule has 11 heavy (non-hydrogen) atoms. The molecule has 0 unspecified atom stereocenters. The molecule has 66 valence electrons. The summed E-state index contributed by atoms with van der Waals surface area (Å²) in [6.07, 6.45) is 7.42. The van der Waals surface area contributed by atoms with Crippen molar-refractivity contribution in [2.75, 3.05) is 14.1 Å². The van der Waals surface area contributed by atoms with Crippen LogP contribution < -0.4 is 5.09 Å². The minimum Gasteiger partial charge on any atom is -0.284 e. The highest BCUT2D eigenvalue weighted by molar-refractivity contribution is 6.34. The Bertz CT molecular complexity index is 100. The fourth-order valence-corrected chi connectivity index (χ4v) is 3.31. The van der Waals surface area contributed by atoms with Crippen LogP contribution in [-0.2, 0) is 0 Å². The lowest BCUT2D eigenvalue weighted by Crippen LogP contribution is -2.36. The van der Waals surface area contributed by atoms with Gasteiger partial charge in [-0.15, -0.1) is 0 Å². The van der Waals surface area contributed by atoms with Gasteiger partial charge in [0.2, 0.25) is 0 Å². The fourth-order valence-electron chi connectivity index (χ4n) is 1.70. The summed E-state index contributed by atoms with van der Waals surface area (Å²) < 4.78 is 0. The minimum absolute atomic E-state index is 0.00602. The summed E-state index contributed by atoms with van der Waals surface area (Å²) in [5, 5.41) is 5.60. The summed E-state index contributed by atoms with van der Waals surface area (Å²) in [6, 6.07) is 0. The van der Waals surface area contributed by atoms with E-state index in [1.54, 1.807) is 0 Å². The molecule has 1 aliphatic rings. The van der Waals surface area contributed by atoms with Crippen LogP contribution >= 0.6 is 0 Å². The molecule has 1 aliphatic carbocycles. The lowest BCUT2D eigenvalue weighted by Gasteiger charge is -2.23. The quantitative estimate of drug-likeness (QED) is 0.502. The Morgan fingerprint density at radius 3 is 2.36 bits per heavy atom. The third-order valence-electron chi connectivity index (χ3n) is 2.42. The fraction of sp³-hybridized carbons (Fsp3) is 1.00. The molecule has 0 spiro atoms. The van der Waals surface area contributed by atoms with Gasteiger partial charge in [-0.3, -0.25) is 10.1 Å². The first kappa shape index (κ1) is 9.23. The first-order valence-electron chi connectivity index (χ1n) is 4.70. The highest BCUT2D eigenvalue weighted by Gasteiger charge is 2.13. The van der Waals surface area contributed by atoms with Crippen molar-refractivity contribution in [3.05, 3.63) is 0 Å². The second-order valence-electron chi connectivity index (χ2n) is 3.76. The number of hydrazine groups is 1. The standard InChI is InChI=1S/C8H20N2Si/c1-10(2)9-11-8-6-4-3-5-7-8/h8-9H,3-7,11H2,1-2H3. The first-order chi connectivity index (χ1) is 5.29. The molecule has 1 saturated carbocycles. The Hall–Kier alpha value is 0.137. The number of nitrogens with one attached hydrogen (secondary N) is 1. The van der Waals surface area contributed by atoms with Crippen LogP contribution in [0, 0.1) is 0 Å². The van der Waals surface area contributed by atoms with E-state index in [2.05, 4.69) is 24.2 Å². The molecule has 1 rings (SSSR count). The van der Waals surface area contributed by atoms with E-state index in [0.717, 1.165) is 5.54 Å². The predicted molar refractivity (Wildman–Crippen MR) is 52.2 cm³/mol. The predicted octanol–water partition coefficient (Wildman–Crippen LogP) is 0.889. The second-order valence-corrected chi connectivity index (χ2v) is 5.64. The van der Waals surface area contributed by atoms with Crippen LogP contribution in [0.2, 0.25) is 5.54 Å².